The van der Waals surface area contributed by atoms with Crippen LogP contribution in [0.1, 0.15) is 211 Å². The maximum Gasteiger partial charge on any atom is 0.252 e. The van der Waals surface area contributed by atoms with Crippen molar-refractivity contribution in [3.63, 3.8) is 0 Å². The summed E-state index contributed by atoms with van der Waals surface area (Å²) in [6, 6.07) is 62.5. The number of hydrogen-bond acceptors (Lipinski definition) is 3. The van der Waals surface area contributed by atoms with E-state index in [1.807, 2.05) is 0 Å². The van der Waals surface area contributed by atoms with Crippen molar-refractivity contribution in [1.29, 1.82) is 0 Å². The standard InChI is InChI=1S/C89H98BN5/c1-82(2,3)58-29-25-51(26-30-58)53-41-68-66-49-60(84(7,8)9)33-35-72(66)94-74-45-57(81-92-79(55-37-62(86(13,14)15)47-63(38-55)87(16,17)18)91-80(93-81)56-39-64(88(19,20)21)48-65(40-56)89(22,23)24)46-75-76(74)90(70(43-53)77(68)94)71-44-54(52-27-31-59(32-28-52)83(4,5)6)42-69-67-50-61(85(10,11)12)34-36-73(67)95(75)78(69)71/h25-50H,1-24H3. The lowest BCUT2D eigenvalue weighted by atomic mass is 9.34. The van der Waals surface area contributed by atoms with Crippen LogP contribution in [0.5, 0.6) is 0 Å². The molecule has 0 N–H and O–H groups in total. The van der Waals surface area contributed by atoms with Crippen LogP contribution in [0.4, 0.5) is 0 Å². The smallest absolute Gasteiger partial charge is 0.252 e. The van der Waals surface area contributed by atoms with Crippen molar-refractivity contribution in [3.8, 4) is 67.8 Å². The number of aromatic nitrogens is 5. The Bertz CT molecular complexity index is 4780. The first kappa shape index (κ1) is 64.0. The average molecular weight is 1250 g/mol. The third-order valence-electron chi connectivity index (χ3n) is 21.0. The molecule has 0 aliphatic carbocycles. The van der Waals surface area contributed by atoms with Crippen molar-refractivity contribution in [1.82, 2.24) is 24.1 Å². The molecule has 2 aliphatic rings. The van der Waals surface area contributed by atoms with Gasteiger partial charge in [-0.15, -0.1) is 0 Å². The van der Waals surface area contributed by atoms with Gasteiger partial charge in [0.25, 0.3) is 6.71 Å². The Balaban J connectivity index is 1.16. The number of fused-ring (bicyclic) bond motifs is 10. The van der Waals surface area contributed by atoms with Crippen molar-refractivity contribution in [2.45, 2.75) is 209 Å². The third-order valence-corrected chi connectivity index (χ3v) is 21.0. The highest BCUT2D eigenvalue weighted by Crippen LogP contribution is 2.46. The summed E-state index contributed by atoms with van der Waals surface area (Å²) >= 11 is 0. The molecule has 0 bridgehead atoms. The van der Waals surface area contributed by atoms with Crippen molar-refractivity contribution in [2.24, 2.45) is 0 Å². The number of benzene rings is 9. The zero-order valence-corrected chi connectivity index (χ0v) is 61.3. The molecule has 0 saturated heterocycles. The number of nitrogens with zero attached hydrogens (tertiary/aromatic N) is 5. The molecule has 0 spiro atoms. The Labute approximate surface area is 567 Å². The Kier molecular flexibility index (Phi) is 14.2. The fourth-order valence-electron chi connectivity index (χ4n) is 14.8. The van der Waals surface area contributed by atoms with Gasteiger partial charge in [-0.05, 0) is 199 Å². The molecule has 0 atom stereocenters. The third kappa shape index (κ3) is 11.0. The molecule has 5 heterocycles. The Morgan fingerprint density at radius 3 is 0.821 bits per heavy atom. The Hall–Kier alpha value is -8.35. The van der Waals surface area contributed by atoms with E-state index in [0.717, 1.165) is 28.1 Å². The lowest BCUT2D eigenvalue weighted by molar-refractivity contribution is 0.568. The minimum Gasteiger partial charge on any atom is -0.310 e. The van der Waals surface area contributed by atoms with Crippen LogP contribution in [0.15, 0.2) is 158 Å². The van der Waals surface area contributed by atoms with Gasteiger partial charge in [-0.25, -0.2) is 15.0 Å². The van der Waals surface area contributed by atoms with E-state index in [0.29, 0.717) is 17.5 Å². The lowest BCUT2D eigenvalue weighted by Gasteiger charge is -2.34. The van der Waals surface area contributed by atoms with E-state index >= 15 is 0 Å². The first-order valence-corrected chi connectivity index (χ1v) is 34.8. The van der Waals surface area contributed by atoms with Gasteiger partial charge in [0.1, 0.15) is 0 Å². The number of hydrogen-bond donors (Lipinski definition) is 0. The first-order valence-electron chi connectivity index (χ1n) is 34.8. The molecule has 0 saturated carbocycles. The summed E-state index contributed by atoms with van der Waals surface area (Å²) < 4.78 is 5.26. The highest BCUT2D eigenvalue weighted by atomic mass is 15.1. The molecule has 12 aromatic rings. The van der Waals surface area contributed by atoms with Crippen LogP contribution in [-0.4, -0.2) is 30.8 Å². The molecule has 6 heteroatoms. The van der Waals surface area contributed by atoms with Crippen LogP contribution in [0.25, 0.3) is 111 Å². The fourth-order valence-corrected chi connectivity index (χ4v) is 14.8. The molecule has 0 fully saturated rings. The molecule has 9 aromatic carbocycles. The zero-order valence-electron chi connectivity index (χ0n) is 61.3. The van der Waals surface area contributed by atoms with E-state index in [-0.39, 0.29) is 50.0 Å². The highest BCUT2D eigenvalue weighted by molar-refractivity contribution is 7.00. The fraction of sp³-hybridized carbons (Fsp3) is 0.360. The van der Waals surface area contributed by atoms with Gasteiger partial charge in [-0.2, -0.15) is 0 Å². The Morgan fingerprint density at radius 2 is 0.526 bits per heavy atom. The second-order valence-electron chi connectivity index (χ2n) is 36.5. The van der Waals surface area contributed by atoms with Crippen LogP contribution in [-0.2, 0) is 43.3 Å². The summed E-state index contributed by atoms with van der Waals surface area (Å²) in [6.45, 7) is 55.5. The zero-order chi connectivity index (χ0) is 68.1. The van der Waals surface area contributed by atoms with Crippen LogP contribution < -0.4 is 16.4 Å². The summed E-state index contributed by atoms with van der Waals surface area (Å²) in [7, 11) is 0. The van der Waals surface area contributed by atoms with Gasteiger partial charge in [0.15, 0.2) is 17.5 Å². The summed E-state index contributed by atoms with van der Waals surface area (Å²) in [5, 5.41) is 5.02. The molecule has 482 valence electrons. The van der Waals surface area contributed by atoms with E-state index in [4.69, 9.17) is 15.0 Å². The summed E-state index contributed by atoms with van der Waals surface area (Å²) in [5.74, 6) is 1.97. The van der Waals surface area contributed by atoms with E-state index in [1.165, 1.54) is 127 Å². The van der Waals surface area contributed by atoms with Crippen molar-refractivity contribution in [3.05, 3.63) is 202 Å². The van der Waals surface area contributed by atoms with Crippen molar-refractivity contribution >= 4 is 66.7 Å². The van der Waals surface area contributed by atoms with Gasteiger partial charge < -0.3 is 9.13 Å². The summed E-state index contributed by atoms with van der Waals surface area (Å²) in [4.78, 5) is 17.3. The minimum absolute atomic E-state index is 0.0204. The molecule has 3 aromatic heterocycles. The highest BCUT2D eigenvalue weighted by Gasteiger charge is 2.43. The van der Waals surface area contributed by atoms with Crippen LogP contribution in [0, 0.1) is 0 Å². The first-order chi connectivity index (χ1) is 44.1. The second kappa shape index (κ2) is 21.1. The Morgan fingerprint density at radius 1 is 0.242 bits per heavy atom. The molecule has 0 radical (unpaired) electrons. The van der Waals surface area contributed by atoms with Crippen molar-refractivity contribution < 1.29 is 0 Å². The van der Waals surface area contributed by atoms with Crippen LogP contribution >= 0.6 is 0 Å². The summed E-state index contributed by atoms with van der Waals surface area (Å²) in [5.41, 5.74) is 28.5. The average Bonchev–Trinajstić information content (AvgIpc) is 1.56. The largest absolute Gasteiger partial charge is 0.310 e. The molecule has 95 heavy (non-hydrogen) atoms. The molecule has 2 aliphatic heterocycles. The molecule has 0 unspecified atom stereocenters. The quantitative estimate of drug-likeness (QED) is 0.161. The summed E-state index contributed by atoms with van der Waals surface area (Å²) in [6.07, 6.45) is 0. The normalized spacial score (nSPS) is 13.9. The van der Waals surface area contributed by atoms with E-state index < -0.39 is 0 Å². The van der Waals surface area contributed by atoms with E-state index in [9.17, 15) is 0 Å². The predicted molar refractivity (Wildman–Crippen MR) is 410 cm³/mol. The van der Waals surface area contributed by atoms with Gasteiger partial charge in [-0.3, -0.25) is 0 Å². The topological polar surface area (TPSA) is 48.5 Å². The SMILES string of the molecule is CC(C)(C)c1ccc(-c2cc3c4c(c2)c2cc(C(C)(C)C)ccc2n4-c2cc(-c4nc(-c5cc(C(C)(C)C)cc(C(C)(C)C)c5)nc(-c5cc(C(C)(C)C)cc(C(C)(C)C)c5)n4)cc4c2B3c2cc(-c3ccc(C(C)(C)C)cc3)cc3c5cc(C(C)(C)C)ccc5n-4c23)cc1. The minimum atomic E-state index is -0.157. The molecular weight excluding hydrogens is 1150 g/mol. The van der Waals surface area contributed by atoms with Crippen LogP contribution in [0.3, 0.4) is 0 Å². The van der Waals surface area contributed by atoms with Gasteiger partial charge in [-0.1, -0.05) is 251 Å². The van der Waals surface area contributed by atoms with Crippen LogP contribution in [0.2, 0.25) is 0 Å². The van der Waals surface area contributed by atoms with Gasteiger partial charge >= 0.3 is 0 Å². The maximum absolute atomic E-state index is 5.81. The molecule has 14 rings (SSSR count). The lowest BCUT2D eigenvalue weighted by Crippen LogP contribution is -2.59. The monoisotopic (exact) mass is 1250 g/mol. The van der Waals surface area contributed by atoms with Gasteiger partial charge in [0.05, 0.1) is 11.0 Å². The second-order valence-corrected chi connectivity index (χ2v) is 36.5. The van der Waals surface area contributed by atoms with Crippen molar-refractivity contribution in [2.75, 3.05) is 0 Å². The maximum atomic E-state index is 5.81. The van der Waals surface area contributed by atoms with Gasteiger partial charge in [0.2, 0.25) is 0 Å². The molecule has 0 amide bonds. The molecular formula is C89H98BN5. The molecule has 5 nitrogen and oxygen atoms in total. The number of rotatable bonds is 5. The van der Waals surface area contributed by atoms with Gasteiger partial charge in [0, 0.05) is 60.6 Å². The van der Waals surface area contributed by atoms with E-state index in [2.05, 4.69) is 333 Å². The van der Waals surface area contributed by atoms with E-state index in [1.54, 1.807) is 0 Å². The predicted octanol–water partition coefficient (Wildman–Crippen LogP) is 21.9.